The molecule has 1 aliphatic rings. The first-order valence-electron chi connectivity index (χ1n) is 5.45. The minimum atomic E-state index is 0.494. The molecule has 1 aromatic heterocycles. The molecule has 0 radical (unpaired) electrons. The lowest BCUT2D eigenvalue weighted by atomic mass is 9.80. The van der Waals surface area contributed by atoms with Gasteiger partial charge in [0.25, 0.3) is 0 Å². The highest BCUT2D eigenvalue weighted by Crippen LogP contribution is 2.34. The molecule has 1 aromatic rings. The van der Waals surface area contributed by atoms with Crippen molar-refractivity contribution in [2.75, 3.05) is 7.05 Å². The van der Waals surface area contributed by atoms with Crippen LogP contribution < -0.4 is 5.32 Å². The zero-order valence-corrected chi connectivity index (χ0v) is 9.03. The largest absolute Gasteiger partial charge is 0.313 e. The van der Waals surface area contributed by atoms with Crippen molar-refractivity contribution in [3.05, 3.63) is 18.0 Å². The van der Waals surface area contributed by atoms with Crippen molar-refractivity contribution < 1.29 is 0 Å². The molecule has 2 rings (SSSR count). The van der Waals surface area contributed by atoms with E-state index in [1.54, 1.807) is 0 Å². The van der Waals surface area contributed by atoms with E-state index in [4.69, 9.17) is 0 Å². The second-order valence-electron chi connectivity index (χ2n) is 4.32. The molecule has 78 valence electrons. The lowest BCUT2D eigenvalue weighted by Crippen LogP contribution is -2.22. The Hall–Kier alpha value is -0.830. The van der Waals surface area contributed by atoms with Crippen LogP contribution in [0.25, 0.3) is 0 Å². The van der Waals surface area contributed by atoms with Crippen molar-refractivity contribution in [3.8, 4) is 0 Å². The molecular formula is C11H19N3. The van der Waals surface area contributed by atoms with Gasteiger partial charge in [-0.15, -0.1) is 0 Å². The predicted octanol–water partition coefficient (Wildman–Crippen LogP) is 1.87. The van der Waals surface area contributed by atoms with Crippen LogP contribution in [-0.2, 0) is 7.05 Å². The van der Waals surface area contributed by atoms with Gasteiger partial charge in [-0.1, -0.05) is 19.3 Å². The van der Waals surface area contributed by atoms with E-state index in [0.29, 0.717) is 6.04 Å². The lowest BCUT2D eigenvalue weighted by Gasteiger charge is -2.29. The van der Waals surface area contributed by atoms with Gasteiger partial charge < -0.3 is 5.32 Å². The minimum Gasteiger partial charge on any atom is -0.313 e. The number of nitrogens with one attached hydrogen (secondary N) is 1. The Balaban J connectivity index is 1.97. The molecule has 1 fully saturated rings. The summed E-state index contributed by atoms with van der Waals surface area (Å²) in [4.78, 5) is 0. The summed E-state index contributed by atoms with van der Waals surface area (Å²) >= 11 is 0. The van der Waals surface area contributed by atoms with Crippen LogP contribution in [-0.4, -0.2) is 16.8 Å². The molecule has 0 saturated heterocycles. The fraction of sp³-hybridized carbons (Fsp3) is 0.727. The van der Waals surface area contributed by atoms with Gasteiger partial charge in [-0.3, -0.25) is 4.68 Å². The van der Waals surface area contributed by atoms with E-state index in [1.165, 1.54) is 31.2 Å². The molecule has 0 aliphatic heterocycles. The topological polar surface area (TPSA) is 29.9 Å². The average molecular weight is 193 g/mol. The minimum absolute atomic E-state index is 0.494. The number of nitrogens with zero attached hydrogens (tertiary/aromatic N) is 2. The molecule has 1 unspecified atom stereocenters. The highest BCUT2D eigenvalue weighted by molar-refractivity contribution is 5.10. The molecule has 0 amide bonds. The predicted molar refractivity (Wildman–Crippen MR) is 57.0 cm³/mol. The van der Waals surface area contributed by atoms with E-state index in [-0.39, 0.29) is 0 Å². The summed E-state index contributed by atoms with van der Waals surface area (Å²) in [6.07, 6.45) is 9.60. The van der Waals surface area contributed by atoms with Gasteiger partial charge in [-0.2, -0.15) is 5.10 Å². The standard InChI is InChI=1S/C11H19N3/c1-12-11(6-9-4-3-5-9)10-7-13-14(2)8-10/h7-9,11-12H,3-6H2,1-2H3. The average Bonchev–Trinajstić information content (AvgIpc) is 2.50. The molecule has 14 heavy (non-hydrogen) atoms. The SMILES string of the molecule is CNC(CC1CCC1)c1cnn(C)c1. The molecule has 1 atom stereocenters. The molecule has 0 spiro atoms. The first-order chi connectivity index (χ1) is 6.79. The van der Waals surface area contributed by atoms with Crippen LogP contribution in [0.2, 0.25) is 0 Å². The Kier molecular flexibility index (Phi) is 2.87. The summed E-state index contributed by atoms with van der Waals surface area (Å²) in [5.41, 5.74) is 1.32. The van der Waals surface area contributed by atoms with Gasteiger partial charge in [0.1, 0.15) is 0 Å². The van der Waals surface area contributed by atoms with E-state index in [9.17, 15) is 0 Å². The first-order valence-corrected chi connectivity index (χ1v) is 5.45. The lowest BCUT2D eigenvalue weighted by molar-refractivity contribution is 0.265. The van der Waals surface area contributed by atoms with Crippen LogP contribution in [0.15, 0.2) is 12.4 Å². The van der Waals surface area contributed by atoms with Crippen molar-refractivity contribution in [3.63, 3.8) is 0 Å². The van der Waals surface area contributed by atoms with Crippen LogP contribution in [0.3, 0.4) is 0 Å². The smallest absolute Gasteiger partial charge is 0.0537 e. The summed E-state index contributed by atoms with van der Waals surface area (Å²) in [5, 5.41) is 7.59. The third kappa shape index (κ3) is 1.98. The molecule has 0 bridgehead atoms. The zero-order valence-electron chi connectivity index (χ0n) is 9.03. The Morgan fingerprint density at radius 2 is 2.43 bits per heavy atom. The summed E-state index contributed by atoms with van der Waals surface area (Å²) in [7, 11) is 4.01. The number of hydrogen-bond donors (Lipinski definition) is 1. The summed E-state index contributed by atoms with van der Waals surface area (Å²) in [6, 6.07) is 0.494. The summed E-state index contributed by atoms with van der Waals surface area (Å²) in [6.45, 7) is 0. The van der Waals surface area contributed by atoms with Crippen LogP contribution in [0.4, 0.5) is 0 Å². The van der Waals surface area contributed by atoms with Gasteiger partial charge in [0, 0.05) is 24.8 Å². The first kappa shape index (κ1) is 9.71. The van der Waals surface area contributed by atoms with Crippen molar-refractivity contribution in [1.29, 1.82) is 0 Å². The van der Waals surface area contributed by atoms with E-state index < -0.39 is 0 Å². The van der Waals surface area contributed by atoms with Gasteiger partial charge in [-0.25, -0.2) is 0 Å². The molecule has 1 N–H and O–H groups in total. The van der Waals surface area contributed by atoms with E-state index in [1.807, 2.05) is 25.0 Å². The van der Waals surface area contributed by atoms with Crippen molar-refractivity contribution in [2.45, 2.75) is 31.7 Å². The molecule has 0 aromatic carbocycles. The van der Waals surface area contributed by atoms with E-state index in [0.717, 1.165) is 5.92 Å². The molecule has 1 aliphatic carbocycles. The Morgan fingerprint density at radius 1 is 1.64 bits per heavy atom. The maximum absolute atomic E-state index is 4.21. The molecule has 3 nitrogen and oxygen atoms in total. The quantitative estimate of drug-likeness (QED) is 0.791. The monoisotopic (exact) mass is 193 g/mol. The molecule has 1 saturated carbocycles. The second kappa shape index (κ2) is 4.13. The van der Waals surface area contributed by atoms with Crippen LogP contribution >= 0.6 is 0 Å². The number of aromatic nitrogens is 2. The van der Waals surface area contributed by atoms with E-state index in [2.05, 4.69) is 16.6 Å². The Labute approximate surface area is 85.5 Å². The fourth-order valence-corrected chi connectivity index (χ4v) is 2.10. The van der Waals surface area contributed by atoms with Crippen molar-refractivity contribution >= 4 is 0 Å². The van der Waals surface area contributed by atoms with E-state index >= 15 is 0 Å². The highest BCUT2D eigenvalue weighted by Gasteiger charge is 2.22. The van der Waals surface area contributed by atoms with Crippen LogP contribution in [0, 0.1) is 5.92 Å². The van der Waals surface area contributed by atoms with Gasteiger partial charge in [-0.05, 0) is 19.4 Å². The normalized spacial score (nSPS) is 19.3. The molecule has 3 heteroatoms. The second-order valence-corrected chi connectivity index (χ2v) is 4.32. The van der Waals surface area contributed by atoms with Gasteiger partial charge >= 0.3 is 0 Å². The number of aryl methyl sites for hydroxylation is 1. The maximum Gasteiger partial charge on any atom is 0.0537 e. The molecular weight excluding hydrogens is 174 g/mol. The number of rotatable bonds is 4. The number of hydrogen-bond acceptors (Lipinski definition) is 2. The van der Waals surface area contributed by atoms with Gasteiger partial charge in [0.15, 0.2) is 0 Å². The maximum atomic E-state index is 4.21. The van der Waals surface area contributed by atoms with Gasteiger partial charge in [0.2, 0.25) is 0 Å². The third-order valence-electron chi connectivity index (χ3n) is 3.27. The van der Waals surface area contributed by atoms with Crippen molar-refractivity contribution in [1.82, 2.24) is 15.1 Å². The Morgan fingerprint density at radius 3 is 2.86 bits per heavy atom. The third-order valence-corrected chi connectivity index (χ3v) is 3.27. The van der Waals surface area contributed by atoms with Crippen LogP contribution in [0.1, 0.15) is 37.3 Å². The zero-order chi connectivity index (χ0) is 9.97. The fourth-order valence-electron chi connectivity index (χ4n) is 2.10. The van der Waals surface area contributed by atoms with Crippen LogP contribution in [0.5, 0.6) is 0 Å². The van der Waals surface area contributed by atoms with Crippen molar-refractivity contribution in [2.24, 2.45) is 13.0 Å². The summed E-state index contributed by atoms with van der Waals surface area (Å²) < 4.78 is 1.88. The Bertz CT molecular complexity index is 288. The highest BCUT2D eigenvalue weighted by atomic mass is 15.2. The van der Waals surface area contributed by atoms with Gasteiger partial charge in [0.05, 0.1) is 6.20 Å². The molecule has 1 heterocycles. The summed E-state index contributed by atoms with van der Waals surface area (Å²) in [5.74, 6) is 0.938.